The first-order chi connectivity index (χ1) is 15.2. The van der Waals surface area contributed by atoms with E-state index in [1.165, 1.54) is 25.7 Å². The van der Waals surface area contributed by atoms with Crippen LogP contribution in [-0.2, 0) is 16.1 Å². The number of aryl methyl sites for hydroxylation is 1. The van der Waals surface area contributed by atoms with Crippen molar-refractivity contribution in [1.29, 1.82) is 0 Å². The minimum absolute atomic E-state index is 0.127. The van der Waals surface area contributed by atoms with Crippen LogP contribution in [0.3, 0.4) is 0 Å². The maximum Gasteiger partial charge on any atom is 0.157 e. The molecular formula is C27H42N2O3. The van der Waals surface area contributed by atoms with Gasteiger partial charge < -0.3 is 9.84 Å². The molecule has 5 nitrogen and oxygen atoms in total. The Bertz CT molecular complexity index is 863. The fraction of sp³-hybridized carbons (Fsp3) is 0.852. The van der Waals surface area contributed by atoms with Gasteiger partial charge in [0.25, 0.3) is 0 Å². The number of carbonyl (C=O) groups is 1. The third kappa shape index (κ3) is 3.50. The number of rotatable bonds is 5. The van der Waals surface area contributed by atoms with Crippen molar-refractivity contribution in [1.82, 2.24) is 9.78 Å². The van der Waals surface area contributed by atoms with Crippen molar-refractivity contribution in [2.45, 2.75) is 90.7 Å². The molecule has 1 aromatic rings. The first-order valence-corrected chi connectivity index (χ1v) is 12.9. The molecular weight excluding hydrogens is 400 g/mol. The van der Waals surface area contributed by atoms with Crippen molar-refractivity contribution in [3.05, 3.63) is 18.0 Å². The number of nitrogens with zero attached hydrogens (tertiary/aromatic N) is 2. The second-order valence-electron chi connectivity index (χ2n) is 12.4. The molecule has 32 heavy (non-hydrogen) atoms. The summed E-state index contributed by atoms with van der Waals surface area (Å²) in [5, 5.41) is 15.2. The van der Waals surface area contributed by atoms with Crippen molar-refractivity contribution in [2.75, 3.05) is 13.7 Å². The topological polar surface area (TPSA) is 64.3 Å². The van der Waals surface area contributed by atoms with Crippen LogP contribution in [0.15, 0.2) is 12.4 Å². The molecule has 4 fully saturated rings. The van der Waals surface area contributed by atoms with E-state index in [0.717, 1.165) is 44.3 Å². The lowest BCUT2D eigenvalue weighted by Gasteiger charge is -2.62. The zero-order valence-electron chi connectivity index (χ0n) is 20.5. The van der Waals surface area contributed by atoms with Crippen LogP contribution in [-0.4, -0.2) is 40.0 Å². The lowest BCUT2D eigenvalue weighted by molar-refractivity contribution is -0.175. The molecule has 0 bridgehead atoms. The van der Waals surface area contributed by atoms with Gasteiger partial charge in [-0.2, -0.15) is 5.10 Å². The number of carbonyl (C=O) groups excluding carboxylic acids is 1. The van der Waals surface area contributed by atoms with Crippen molar-refractivity contribution in [2.24, 2.45) is 40.4 Å². The number of hydrogen-bond acceptors (Lipinski definition) is 4. The zero-order chi connectivity index (χ0) is 22.7. The van der Waals surface area contributed by atoms with E-state index in [4.69, 9.17) is 4.74 Å². The molecule has 4 aliphatic rings. The summed E-state index contributed by atoms with van der Waals surface area (Å²) in [6.45, 7) is 7.73. The number of aromatic nitrogens is 2. The standard InChI is InChI=1S/C27H42N2O3/c1-18-14-28-29(15-18)16-24(30)23-8-7-21-20-6-5-19-13-25(2,31)11-12-27(19,17-32-4)22(20)9-10-26(21,23)3/h14-15,19-23,31H,5-13,16-17H2,1-4H3. The quantitative estimate of drug-likeness (QED) is 0.712. The van der Waals surface area contributed by atoms with Crippen molar-refractivity contribution in [3.63, 3.8) is 0 Å². The molecule has 8 atom stereocenters. The third-order valence-electron chi connectivity index (χ3n) is 10.5. The van der Waals surface area contributed by atoms with E-state index in [0.29, 0.717) is 36.0 Å². The lowest BCUT2D eigenvalue weighted by atomic mass is 9.43. The molecule has 1 N–H and O–H groups in total. The summed E-state index contributed by atoms with van der Waals surface area (Å²) < 4.78 is 7.70. The molecule has 178 valence electrons. The minimum atomic E-state index is -0.520. The molecule has 0 aromatic carbocycles. The lowest BCUT2D eigenvalue weighted by Crippen LogP contribution is -2.58. The summed E-state index contributed by atoms with van der Waals surface area (Å²) in [4.78, 5) is 13.4. The van der Waals surface area contributed by atoms with Crippen LogP contribution in [0, 0.1) is 47.3 Å². The number of hydrogen-bond donors (Lipinski definition) is 1. The maximum absolute atomic E-state index is 13.4. The van der Waals surface area contributed by atoms with E-state index in [9.17, 15) is 9.90 Å². The Kier molecular flexibility index (Phi) is 5.60. The summed E-state index contributed by atoms with van der Waals surface area (Å²) in [6.07, 6.45) is 13.8. The molecule has 0 amide bonds. The second kappa shape index (κ2) is 7.94. The molecule has 5 rings (SSSR count). The van der Waals surface area contributed by atoms with Crippen LogP contribution < -0.4 is 0 Å². The zero-order valence-corrected chi connectivity index (χ0v) is 20.5. The maximum atomic E-state index is 13.4. The average molecular weight is 443 g/mol. The molecule has 0 aliphatic heterocycles. The Hall–Kier alpha value is -1.20. The first kappa shape index (κ1) is 22.6. The van der Waals surface area contributed by atoms with Crippen LogP contribution in [0.1, 0.15) is 77.2 Å². The van der Waals surface area contributed by atoms with Gasteiger partial charge in [-0.3, -0.25) is 9.48 Å². The van der Waals surface area contributed by atoms with E-state index in [-0.39, 0.29) is 16.7 Å². The molecule has 0 spiro atoms. The largest absolute Gasteiger partial charge is 0.390 e. The minimum Gasteiger partial charge on any atom is -0.390 e. The normalized spacial score (nSPS) is 45.7. The van der Waals surface area contributed by atoms with Gasteiger partial charge in [0, 0.05) is 19.2 Å². The number of ketones is 1. The molecule has 0 saturated heterocycles. The van der Waals surface area contributed by atoms with E-state index >= 15 is 0 Å². The van der Waals surface area contributed by atoms with E-state index in [2.05, 4.69) is 12.0 Å². The summed E-state index contributed by atoms with van der Waals surface area (Å²) in [7, 11) is 1.86. The van der Waals surface area contributed by atoms with Gasteiger partial charge in [0.15, 0.2) is 5.78 Å². The van der Waals surface area contributed by atoms with Crippen molar-refractivity contribution < 1.29 is 14.6 Å². The van der Waals surface area contributed by atoms with E-state index in [1.54, 1.807) is 0 Å². The van der Waals surface area contributed by atoms with Crippen molar-refractivity contribution >= 4 is 5.78 Å². The molecule has 1 aromatic heterocycles. The Labute approximate surface area is 193 Å². The highest BCUT2D eigenvalue weighted by molar-refractivity contribution is 5.82. The van der Waals surface area contributed by atoms with Crippen LogP contribution in [0.5, 0.6) is 0 Å². The summed E-state index contributed by atoms with van der Waals surface area (Å²) >= 11 is 0. The first-order valence-electron chi connectivity index (χ1n) is 12.9. The third-order valence-corrected chi connectivity index (χ3v) is 10.5. The Morgan fingerprint density at radius 1 is 1.16 bits per heavy atom. The SMILES string of the molecule is COCC12CCC(C)(O)CC1CCC1C3CCC(C(=O)Cn4cc(C)cn4)C3(C)CCC12. The molecule has 4 aliphatic carbocycles. The van der Waals surface area contributed by atoms with Gasteiger partial charge in [0.05, 0.1) is 24.9 Å². The molecule has 8 unspecified atom stereocenters. The second-order valence-corrected chi connectivity index (χ2v) is 12.4. The molecule has 1 heterocycles. The number of methoxy groups -OCH3 is 1. The highest BCUT2D eigenvalue weighted by Crippen LogP contribution is 2.68. The summed E-state index contributed by atoms with van der Waals surface area (Å²) in [5.74, 6) is 3.14. The molecule has 5 heteroatoms. The van der Waals surface area contributed by atoms with E-state index in [1.807, 2.05) is 38.0 Å². The fourth-order valence-electron chi connectivity index (χ4n) is 9.14. The smallest absolute Gasteiger partial charge is 0.157 e. The van der Waals surface area contributed by atoms with Gasteiger partial charge in [0.1, 0.15) is 0 Å². The monoisotopic (exact) mass is 442 g/mol. The number of aliphatic hydroxyl groups is 1. The van der Waals surface area contributed by atoms with Crippen LogP contribution in [0.4, 0.5) is 0 Å². The van der Waals surface area contributed by atoms with Crippen LogP contribution in [0.25, 0.3) is 0 Å². The Morgan fingerprint density at radius 2 is 1.97 bits per heavy atom. The molecule has 4 saturated carbocycles. The predicted octanol–water partition coefficient (Wildman–Crippen LogP) is 4.80. The van der Waals surface area contributed by atoms with Gasteiger partial charge in [0.2, 0.25) is 0 Å². The Balaban J connectivity index is 1.37. The number of fused-ring (bicyclic) bond motifs is 5. The summed E-state index contributed by atoms with van der Waals surface area (Å²) in [6, 6.07) is 0. The highest BCUT2D eigenvalue weighted by atomic mass is 16.5. The van der Waals surface area contributed by atoms with Gasteiger partial charge in [-0.25, -0.2) is 0 Å². The Morgan fingerprint density at radius 3 is 2.69 bits per heavy atom. The van der Waals surface area contributed by atoms with Gasteiger partial charge >= 0.3 is 0 Å². The summed E-state index contributed by atoms with van der Waals surface area (Å²) in [5.41, 5.74) is 0.936. The number of Topliss-reactive ketones (excluding diaryl/α,β-unsaturated/α-hetero) is 1. The average Bonchev–Trinajstić information content (AvgIpc) is 3.30. The number of ether oxygens (including phenoxy) is 1. The van der Waals surface area contributed by atoms with Crippen molar-refractivity contribution in [3.8, 4) is 0 Å². The molecule has 0 radical (unpaired) electrons. The van der Waals surface area contributed by atoms with Gasteiger partial charge in [-0.1, -0.05) is 6.92 Å². The van der Waals surface area contributed by atoms with E-state index < -0.39 is 5.60 Å². The fourth-order valence-corrected chi connectivity index (χ4v) is 9.14. The van der Waals surface area contributed by atoms with Crippen LogP contribution in [0.2, 0.25) is 0 Å². The van der Waals surface area contributed by atoms with Crippen LogP contribution >= 0.6 is 0 Å². The van der Waals surface area contributed by atoms with Gasteiger partial charge in [-0.15, -0.1) is 0 Å². The predicted molar refractivity (Wildman–Crippen MR) is 124 cm³/mol. The highest BCUT2D eigenvalue weighted by Gasteiger charge is 2.63. The van der Waals surface area contributed by atoms with Gasteiger partial charge in [-0.05, 0) is 112 Å².